The molecule has 0 aliphatic carbocycles. The van der Waals surface area contributed by atoms with E-state index in [1.165, 1.54) is 0 Å². The Labute approximate surface area is 95.4 Å². The molecular formula is C11H18N2OS. The Morgan fingerprint density at radius 1 is 1.47 bits per heavy atom. The van der Waals surface area contributed by atoms with E-state index in [0.717, 1.165) is 10.8 Å². The molecule has 1 aromatic heterocycles. The zero-order valence-corrected chi connectivity index (χ0v) is 10.3. The van der Waals surface area contributed by atoms with E-state index in [4.69, 9.17) is 10.5 Å². The van der Waals surface area contributed by atoms with Crippen LogP contribution in [0.1, 0.15) is 20.8 Å². The van der Waals surface area contributed by atoms with Crippen molar-refractivity contribution in [2.45, 2.75) is 25.8 Å². The van der Waals surface area contributed by atoms with E-state index in [-0.39, 0.29) is 0 Å². The highest BCUT2D eigenvalue weighted by molar-refractivity contribution is 7.99. The number of hydrogen-bond acceptors (Lipinski definition) is 4. The molecule has 84 valence electrons. The summed E-state index contributed by atoms with van der Waals surface area (Å²) in [6, 6.07) is 3.78. The van der Waals surface area contributed by atoms with Crippen molar-refractivity contribution in [3.63, 3.8) is 0 Å². The molecule has 0 fully saturated rings. The summed E-state index contributed by atoms with van der Waals surface area (Å²) in [7, 11) is 0. The van der Waals surface area contributed by atoms with Gasteiger partial charge in [-0.1, -0.05) is 13.8 Å². The summed E-state index contributed by atoms with van der Waals surface area (Å²) in [4.78, 5) is 4.35. The fourth-order valence-corrected chi connectivity index (χ4v) is 1.83. The van der Waals surface area contributed by atoms with Gasteiger partial charge in [0.2, 0.25) is 5.88 Å². The fraction of sp³-hybridized carbons (Fsp3) is 0.545. The Balaban J connectivity index is 2.69. The number of anilines is 1. The molecule has 4 heteroatoms. The average molecular weight is 226 g/mol. The maximum Gasteiger partial charge on any atom is 0.238 e. The van der Waals surface area contributed by atoms with Crippen molar-refractivity contribution in [2.75, 3.05) is 18.1 Å². The molecule has 0 amide bonds. The van der Waals surface area contributed by atoms with Crippen LogP contribution in [0.15, 0.2) is 17.2 Å². The maximum atomic E-state index is 5.73. The molecule has 0 aliphatic rings. The highest BCUT2D eigenvalue weighted by Gasteiger charge is 2.04. The first-order valence-electron chi connectivity index (χ1n) is 5.15. The topological polar surface area (TPSA) is 48.1 Å². The second kappa shape index (κ2) is 5.85. The smallest absolute Gasteiger partial charge is 0.238 e. The predicted molar refractivity (Wildman–Crippen MR) is 65.4 cm³/mol. The minimum Gasteiger partial charge on any atom is -0.476 e. The molecule has 15 heavy (non-hydrogen) atoms. The van der Waals surface area contributed by atoms with Crippen LogP contribution in [-0.4, -0.2) is 17.3 Å². The molecule has 2 N–H and O–H groups in total. The van der Waals surface area contributed by atoms with E-state index >= 15 is 0 Å². The normalized spacial score (nSPS) is 10.7. The lowest BCUT2D eigenvalue weighted by atomic mass is 10.3. The zero-order chi connectivity index (χ0) is 11.3. The lowest BCUT2D eigenvalue weighted by molar-refractivity contribution is 0.326. The second-order valence-corrected chi connectivity index (χ2v) is 4.72. The lowest BCUT2D eigenvalue weighted by Crippen LogP contribution is -2.00. The third-order valence-electron chi connectivity index (χ3n) is 1.71. The summed E-state index contributed by atoms with van der Waals surface area (Å²) in [6.07, 6.45) is 0. The summed E-state index contributed by atoms with van der Waals surface area (Å²) < 4.78 is 5.33. The van der Waals surface area contributed by atoms with E-state index in [1.54, 1.807) is 11.8 Å². The minimum absolute atomic E-state index is 0.547. The standard InChI is InChI=1S/C11H18N2OS/c1-4-14-11-9(12)5-6-10(13-11)15-7-8(2)3/h5-6,8H,4,7,12H2,1-3H3. The highest BCUT2D eigenvalue weighted by Crippen LogP contribution is 2.25. The number of nitrogens with two attached hydrogens (primary N) is 1. The predicted octanol–water partition coefficient (Wildman–Crippen LogP) is 2.81. The SMILES string of the molecule is CCOc1nc(SCC(C)C)ccc1N. The molecule has 0 aliphatic heterocycles. The molecule has 0 radical (unpaired) electrons. The van der Waals surface area contributed by atoms with Gasteiger partial charge in [-0.25, -0.2) is 4.98 Å². The Morgan fingerprint density at radius 3 is 2.80 bits per heavy atom. The molecule has 0 atom stereocenters. The van der Waals surface area contributed by atoms with Crippen molar-refractivity contribution in [1.29, 1.82) is 0 Å². The van der Waals surface area contributed by atoms with Crippen LogP contribution in [0.3, 0.4) is 0 Å². The van der Waals surface area contributed by atoms with Gasteiger partial charge in [-0.2, -0.15) is 0 Å². The van der Waals surface area contributed by atoms with Crippen LogP contribution in [0.4, 0.5) is 5.69 Å². The Bertz CT molecular complexity index is 315. The van der Waals surface area contributed by atoms with Crippen LogP contribution in [-0.2, 0) is 0 Å². The molecule has 0 spiro atoms. The quantitative estimate of drug-likeness (QED) is 0.784. The lowest BCUT2D eigenvalue weighted by Gasteiger charge is -2.08. The van der Waals surface area contributed by atoms with E-state index in [0.29, 0.717) is 24.1 Å². The van der Waals surface area contributed by atoms with Crippen LogP contribution >= 0.6 is 11.8 Å². The zero-order valence-electron chi connectivity index (χ0n) is 9.49. The van der Waals surface area contributed by atoms with Crippen LogP contribution in [0.5, 0.6) is 5.88 Å². The first kappa shape index (κ1) is 12.2. The van der Waals surface area contributed by atoms with Gasteiger partial charge in [-0.05, 0) is 25.0 Å². The number of ether oxygens (including phenoxy) is 1. The van der Waals surface area contributed by atoms with E-state index in [2.05, 4.69) is 18.8 Å². The number of pyridine rings is 1. The first-order valence-corrected chi connectivity index (χ1v) is 6.14. The van der Waals surface area contributed by atoms with Crippen molar-refractivity contribution >= 4 is 17.4 Å². The van der Waals surface area contributed by atoms with E-state index < -0.39 is 0 Å². The van der Waals surface area contributed by atoms with Gasteiger partial charge in [0.1, 0.15) is 5.03 Å². The molecule has 0 saturated carbocycles. The molecule has 0 aromatic carbocycles. The Hall–Kier alpha value is -0.900. The number of thioether (sulfide) groups is 1. The Morgan fingerprint density at radius 2 is 2.20 bits per heavy atom. The summed E-state index contributed by atoms with van der Waals surface area (Å²) >= 11 is 1.73. The molecule has 1 rings (SSSR count). The summed E-state index contributed by atoms with van der Waals surface area (Å²) in [5, 5.41) is 0.973. The van der Waals surface area contributed by atoms with Gasteiger partial charge in [0.15, 0.2) is 0 Å². The monoisotopic (exact) mass is 226 g/mol. The van der Waals surface area contributed by atoms with Crippen LogP contribution in [0, 0.1) is 5.92 Å². The average Bonchev–Trinajstić information content (AvgIpc) is 2.19. The largest absolute Gasteiger partial charge is 0.476 e. The second-order valence-electron chi connectivity index (χ2n) is 3.68. The van der Waals surface area contributed by atoms with Crippen LogP contribution in [0.2, 0.25) is 0 Å². The molecule has 0 saturated heterocycles. The Kier molecular flexibility index (Phi) is 4.75. The van der Waals surface area contributed by atoms with Crippen molar-refractivity contribution in [2.24, 2.45) is 5.92 Å². The van der Waals surface area contributed by atoms with Gasteiger partial charge in [-0.3, -0.25) is 0 Å². The van der Waals surface area contributed by atoms with E-state index in [1.807, 2.05) is 19.1 Å². The van der Waals surface area contributed by atoms with Gasteiger partial charge in [0.05, 0.1) is 12.3 Å². The van der Waals surface area contributed by atoms with Gasteiger partial charge in [-0.15, -0.1) is 11.8 Å². The van der Waals surface area contributed by atoms with Gasteiger partial charge in [0.25, 0.3) is 0 Å². The third kappa shape index (κ3) is 4.00. The number of aromatic nitrogens is 1. The molecule has 3 nitrogen and oxygen atoms in total. The summed E-state index contributed by atoms with van der Waals surface area (Å²) in [5.74, 6) is 2.26. The van der Waals surface area contributed by atoms with Crippen molar-refractivity contribution in [3.8, 4) is 5.88 Å². The number of nitrogens with zero attached hydrogens (tertiary/aromatic N) is 1. The van der Waals surface area contributed by atoms with E-state index in [9.17, 15) is 0 Å². The van der Waals surface area contributed by atoms with Gasteiger partial charge in [0, 0.05) is 5.75 Å². The number of nitrogen functional groups attached to an aromatic ring is 1. The third-order valence-corrected chi connectivity index (χ3v) is 3.07. The van der Waals surface area contributed by atoms with Crippen molar-refractivity contribution in [3.05, 3.63) is 12.1 Å². The van der Waals surface area contributed by atoms with Gasteiger partial charge >= 0.3 is 0 Å². The van der Waals surface area contributed by atoms with Crippen LogP contribution < -0.4 is 10.5 Å². The molecular weight excluding hydrogens is 208 g/mol. The molecule has 1 aromatic rings. The molecule has 0 unspecified atom stereocenters. The number of hydrogen-bond donors (Lipinski definition) is 1. The summed E-state index contributed by atoms with van der Waals surface area (Å²) in [6.45, 7) is 6.89. The first-order chi connectivity index (χ1) is 7.13. The van der Waals surface area contributed by atoms with Crippen LogP contribution in [0.25, 0.3) is 0 Å². The molecule has 1 heterocycles. The maximum absolute atomic E-state index is 5.73. The minimum atomic E-state index is 0.547. The number of rotatable bonds is 5. The summed E-state index contributed by atoms with van der Waals surface area (Å²) in [5.41, 5.74) is 6.34. The highest BCUT2D eigenvalue weighted by atomic mass is 32.2. The van der Waals surface area contributed by atoms with Crippen molar-refractivity contribution < 1.29 is 4.74 Å². The van der Waals surface area contributed by atoms with Gasteiger partial charge < -0.3 is 10.5 Å². The van der Waals surface area contributed by atoms with Crippen molar-refractivity contribution in [1.82, 2.24) is 4.98 Å². The fourth-order valence-electron chi connectivity index (χ4n) is 1.02. The molecule has 0 bridgehead atoms.